The topological polar surface area (TPSA) is 52.1 Å². The van der Waals surface area contributed by atoms with Crippen LogP contribution in [0.5, 0.6) is 0 Å². The highest BCUT2D eigenvalue weighted by Crippen LogP contribution is 2.39. The first-order chi connectivity index (χ1) is 17.4. The molecule has 9 heteroatoms. The lowest BCUT2D eigenvalue weighted by molar-refractivity contribution is 0.0347. The smallest absolute Gasteiger partial charge is 0.376 e. The van der Waals surface area contributed by atoms with E-state index in [2.05, 4.69) is 48.7 Å². The van der Waals surface area contributed by atoms with Crippen LogP contribution in [0.15, 0.2) is 34.9 Å². The molecule has 0 bridgehead atoms. The summed E-state index contributed by atoms with van der Waals surface area (Å²) in [6, 6.07) is 9.75. The zero-order valence-electron chi connectivity index (χ0n) is 21.4. The number of ether oxygens (including phenoxy) is 1. The van der Waals surface area contributed by atoms with Crippen LogP contribution in [0.25, 0.3) is 0 Å². The number of piperazine rings is 1. The number of methoxy groups -OCH3 is 1. The summed E-state index contributed by atoms with van der Waals surface area (Å²) in [7, 11) is 1.35. The van der Waals surface area contributed by atoms with Crippen molar-refractivity contribution in [3.8, 4) is 0 Å². The van der Waals surface area contributed by atoms with Gasteiger partial charge in [0.1, 0.15) is 0 Å². The Kier molecular flexibility index (Phi) is 8.73. The Labute approximate surface area is 229 Å². The van der Waals surface area contributed by atoms with E-state index >= 15 is 0 Å². The molecule has 2 atom stereocenters. The van der Waals surface area contributed by atoms with Gasteiger partial charge in [0.05, 0.1) is 11.7 Å². The fourth-order valence-electron chi connectivity index (χ4n) is 6.52. The number of halogens is 2. The second-order valence-corrected chi connectivity index (χ2v) is 11.9. The number of fused-ring (bicyclic) bond motifs is 2. The molecule has 1 aromatic carbocycles. The zero-order chi connectivity index (χ0) is 25.2. The average Bonchev–Trinajstić information content (AvgIpc) is 3.03. The summed E-state index contributed by atoms with van der Waals surface area (Å²) in [4.78, 5) is 12.5. The van der Waals surface area contributed by atoms with Crippen molar-refractivity contribution in [2.75, 3.05) is 46.4 Å². The van der Waals surface area contributed by atoms with Gasteiger partial charge in [0.25, 0.3) is 0 Å². The molecule has 5 rings (SSSR count). The van der Waals surface area contributed by atoms with Crippen LogP contribution in [0.2, 0.25) is 11.8 Å². The van der Waals surface area contributed by atoms with Crippen LogP contribution in [-0.2, 0) is 17.6 Å². The first-order valence-electron chi connectivity index (χ1n) is 13.3. The minimum absolute atomic E-state index is 0.172. The number of likely N-dealkylation sites (tertiary alicyclic amines) is 1. The number of aromatic nitrogens is 1. The molecule has 1 aromatic heterocycles. The lowest BCUT2D eigenvalue weighted by atomic mass is 9.81. The van der Waals surface area contributed by atoms with Crippen molar-refractivity contribution < 1.29 is 9.76 Å². The second kappa shape index (κ2) is 11.8. The number of rotatable bonds is 6. The fourth-order valence-corrected chi connectivity index (χ4v) is 7.09. The number of aryl methyl sites for hydroxylation is 2. The van der Waals surface area contributed by atoms with Gasteiger partial charge in [-0.2, -0.15) is 0 Å². The van der Waals surface area contributed by atoms with Crippen molar-refractivity contribution in [2.24, 2.45) is 0 Å². The molecular weight excluding hydrogens is 538 g/mol. The molecule has 194 valence electrons. The van der Waals surface area contributed by atoms with Gasteiger partial charge in [-0.3, -0.25) is 14.8 Å². The molecule has 0 amide bonds. The predicted octanol–water partition coefficient (Wildman–Crippen LogP) is 4.28. The SMILES string of the molecule is COCC[C@H]1CN(C2CCN(C3c4ccc(Cl)cc4CCc4cc(Br)cnc43)CC2)CCN1B(C)O. The van der Waals surface area contributed by atoms with Crippen LogP contribution in [0, 0.1) is 0 Å². The third-order valence-corrected chi connectivity index (χ3v) is 9.03. The van der Waals surface area contributed by atoms with Crippen molar-refractivity contribution in [3.05, 3.63) is 62.3 Å². The number of pyridine rings is 1. The van der Waals surface area contributed by atoms with Gasteiger partial charge >= 0.3 is 7.05 Å². The summed E-state index contributed by atoms with van der Waals surface area (Å²) in [6.45, 7) is 7.64. The fraction of sp³-hybridized carbons (Fsp3) is 0.593. The minimum atomic E-state index is -0.410. The summed E-state index contributed by atoms with van der Waals surface area (Å²) < 4.78 is 6.41. The first-order valence-corrected chi connectivity index (χ1v) is 14.4. The molecule has 0 radical (unpaired) electrons. The third-order valence-electron chi connectivity index (χ3n) is 8.37. The summed E-state index contributed by atoms with van der Waals surface area (Å²) in [5.74, 6) is 0. The van der Waals surface area contributed by atoms with Crippen LogP contribution >= 0.6 is 27.5 Å². The number of hydrogen-bond donors (Lipinski definition) is 1. The van der Waals surface area contributed by atoms with E-state index < -0.39 is 7.05 Å². The molecule has 1 aliphatic carbocycles. The van der Waals surface area contributed by atoms with E-state index in [1.54, 1.807) is 7.11 Å². The molecule has 0 saturated carbocycles. The number of piperidine rings is 1. The van der Waals surface area contributed by atoms with Crippen molar-refractivity contribution in [1.29, 1.82) is 0 Å². The molecule has 6 nitrogen and oxygen atoms in total. The molecule has 0 spiro atoms. The van der Waals surface area contributed by atoms with Gasteiger partial charge < -0.3 is 14.6 Å². The van der Waals surface area contributed by atoms with Gasteiger partial charge in [-0.25, -0.2) is 0 Å². The maximum atomic E-state index is 10.3. The average molecular weight is 576 g/mol. The quantitative estimate of drug-likeness (QED) is 0.519. The number of benzene rings is 1. The van der Waals surface area contributed by atoms with Crippen molar-refractivity contribution in [1.82, 2.24) is 19.6 Å². The minimum Gasteiger partial charge on any atom is -0.437 e. The Bertz CT molecular complexity index is 999. The molecule has 2 aromatic rings. The molecule has 2 saturated heterocycles. The van der Waals surface area contributed by atoms with E-state index in [1.165, 1.54) is 22.4 Å². The highest BCUT2D eigenvalue weighted by Gasteiger charge is 2.37. The predicted molar refractivity (Wildman–Crippen MR) is 150 cm³/mol. The number of hydrogen-bond acceptors (Lipinski definition) is 6. The van der Waals surface area contributed by atoms with E-state index in [0.29, 0.717) is 12.1 Å². The van der Waals surface area contributed by atoms with Crippen LogP contribution < -0.4 is 0 Å². The molecule has 2 aliphatic heterocycles. The van der Waals surface area contributed by atoms with Gasteiger partial charge in [0, 0.05) is 74.2 Å². The van der Waals surface area contributed by atoms with Crippen molar-refractivity contribution in [3.63, 3.8) is 0 Å². The van der Waals surface area contributed by atoms with Gasteiger partial charge in [0.2, 0.25) is 0 Å². The number of nitrogens with zero attached hydrogens (tertiary/aromatic N) is 4. The van der Waals surface area contributed by atoms with Crippen molar-refractivity contribution in [2.45, 2.75) is 57.1 Å². The lowest BCUT2D eigenvalue weighted by Crippen LogP contribution is -2.60. The lowest BCUT2D eigenvalue weighted by Gasteiger charge is -2.48. The standard InChI is InChI=1S/C27H37BBrClN4O2/c1-28(35)34-13-12-33(18-24(34)9-14-36-2)23-7-10-32(11-8-23)27-25-6-5-22(30)16-19(25)3-4-20-15-21(29)17-31-26(20)27/h5-6,15-17,23-24,27,35H,3-4,7-14,18H2,1-2H3/t24-,27?/m0/s1. The van der Waals surface area contributed by atoms with Gasteiger partial charge in [-0.1, -0.05) is 17.7 Å². The van der Waals surface area contributed by atoms with E-state index in [0.717, 1.165) is 80.9 Å². The van der Waals surface area contributed by atoms with Crippen LogP contribution in [0.4, 0.5) is 0 Å². The molecule has 2 fully saturated rings. The van der Waals surface area contributed by atoms with E-state index in [-0.39, 0.29) is 6.04 Å². The molecule has 3 heterocycles. The van der Waals surface area contributed by atoms with Gasteiger partial charge in [-0.05, 0) is 89.7 Å². The highest BCUT2D eigenvalue weighted by molar-refractivity contribution is 9.10. The maximum absolute atomic E-state index is 10.3. The van der Waals surface area contributed by atoms with Gasteiger partial charge in [0.15, 0.2) is 0 Å². The van der Waals surface area contributed by atoms with Crippen molar-refractivity contribution >= 4 is 34.6 Å². The Morgan fingerprint density at radius 2 is 1.89 bits per heavy atom. The molecule has 1 N–H and O–H groups in total. The third kappa shape index (κ3) is 5.70. The normalized spacial score (nSPS) is 24.2. The Balaban J connectivity index is 1.32. The largest absolute Gasteiger partial charge is 0.437 e. The molecule has 36 heavy (non-hydrogen) atoms. The zero-order valence-corrected chi connectivity index (χ0v) is 23.7. The maximum Gasteiger partial charge on any atom is 0.376 e. The van der Waals surface area contributed by atoms with E-state index in [9.17, 15) is 5.02 Å². The Morgan fingerprint density at radius 1 is 1.11 bits per heavy atom. The summed E-state index contributed by atoms with van der Waals surface area (Å²) in [6.07, 6.45) is 7.17. The first kappa shape index (κ1) is 26.6. The summed E-state index contributed by atoms with van der Waals surface area (Å²) in [5.41, 5.74) is 5.23. The highest BCUT2D eigenvalue weighted by atomic mass is 79.9. The molecule has 1 unspecified atom stereocenters. The van der Waals surface area contributed by atoms with E-state index in [1.807, 2.05) is 19.1 Å². The van der Waals surface area contributed by atoms with E-state index in [4.69, 9.17) is 21.3 Å². The Morgan fingerprint density at radius 3 is 2.64 bits per heavy atom. The summed E-state index contributed by atoms with van der Waals surface area (Å²) >= 11 is 10.0. The van der Waals surface area contributed by atoms with Crippen LogP contribution in [-0.4, -0.2) is 90.2 Å². The Hall–Kier alpha value is -0.995. The van der Waals surface area contributed by atoms with Crippen LogP contribution in [0.1, 0.15) is 47.7 Å². The van der Waals surface area contributed by atoms with Crippen LogP contribution in [0.3, 0.4) is 0 Å². The second-order valence-electron chi connectivity index (χ2n) is 10.5. The van der Waals surface area contributed by atoms with Gasteiger partial charge in [-0.15, -0.1) is 0 Å². The monoisotopic (exact) mass is 574 g/mol. The molecular formula is C27H37BBrClN4O2. The molecule has 3 aliphatic rings. The summed E-state index contributed by atoms with van der Waals surface area (Å²) in [5, 5.41) is 11.1.